The second-order valence-electron chi connectivity index (χ2n) is 4.41. The van der Waals surface area contributed by atoms with Crippen molar-refractivity contribution in [1.29, 1.82) is 0 Å². The average Bonchev–Trinajstić information content (AvgIpc) is 2.27. The molecular formula is C10H20O2. The van der Waals surface area contributed by atoms with Gasteiger partial charge in [0.1, 0.15) is 0 Å². The van der Waals surface area contributed by atoms with Gasteiger partial charge in [0.05, 0.1) is 18.3 Å². The molecule has 1 fully saturated rings. The fraction of sp³-hybridized carbons (Fsp3) is 1.00. The van der Waals surface area contributed by atoms with Crippen molar-refractivity contribution in [2.45, 2.75) is 45.8 Å². The molecule has 2 heteroatoms. The minimum atomic E-state index is -0.339. The molecule has 0 aliphatic carbocycles. The third kappa shape index (κ3) is 1.64. The summed E-state index contributed by atoms with van der Waals surface area (Å²) < 4.78 is 5.54. The standard InChI is InChI=1S/C10H20O2/c1-5-7(2)8-6-12-10(3,4)9(8)11/h7-9,11H,5-6H2,1-4H3. The number of rotatable bonds is 2. The molecule has 1 heterocycles. The molecule has 12 heavy (non-hydrogen) atoms. The summed E-state index contributed by atoms with van der Waals surface area (Å²) in [6.07, 6.45) is 0.814. The molecule has 0 amide bonds. The summed E-state index contributed by atoms with van der Waals surface area (Å²) in [4.78, 5) is 0. The summed E-state index contributed by atoms with van der Waals surface area (Å²) in [5.74, 6) is 0.881. The van der Waals surface area contributed by atoms with Crippen LogP contribution in [-0.4, -0.2) is 23.4 Å². The number of ether oxygens (including phenoxy) is 1. The maximum atomic E-state index is 9.89. The first-order chi connectivity index (χ1) is 5.49. The minimum absolute atomic E-state index is 0.299. The average molecular weight is 172 g/mol. The lowest BCUT2D eigenvalue weighted by Gasteiger charge is -2.26. The Hall–Kier alpha value is -0.0800. The van der Waals surface area contributed by atoms with Crippen LogP contribution in [0, 0.1) is 11.8 Å². The van der Waals surface area contributed by atoms with Gasteiger partial charge in [-0.3, -0.25) is 0 Å². The molecule has 0 saturated carbocycles. The van der Waals surface area contributed by atoms with E-state index in [1.165, 1.54) is 0 Å². The Morgan fingerprint density at radius 3 is 2.50 bits per heavy atom. The van der Waals surface area contributed by atoms with E-state index >= 15 is 0 Å². The molecule has 1 saturated heterocycles. The van der Waals surface area contributed by atoms with E-state index in [4.69, 9.17) is 4.74 Å². The highest BCUT2D eigenvalue weighted by Gasteiger charge is 2.43. The summed E-state index contributed by atoms with van der Waals surface area (Å²) in [5, 5.41) is 9.89. The summed E-state index contributed by atoms with van der Waals surface area (Å²) >= 11 is 0. The number of aliphatic hydroxyl groups is 1. The second-order valence-corrected chi connectivity index (χ2v) is 4.41. The van der Waals surface area contributed by atoms with Crippen molar-refractivity contribution in [2.75, 3.05) is 6.61 Å². The molecule has 72 valence electrons. The van der Waals surface area contributed by atoms with E-state index in [0.717, 1.165) is 6.42 Å². The lowest BCUT2D eigenvalue weighted by Crippen LogP contribution is -2.37. The van der Waals surface area contributed by atoms with Crippen LogP contribution in [0.3, 0.4) is 0 Å². The van der Waals surface area contributed by atoms with Gasteiger partial charge in [-0.1, -0.05) is 20.3 Å². The second kappa shape index (κ2) is 3.35. The summed E-state index contributed by atoms with van der Waals surface area (Å²) in [6.45, 7) is 8.96. The van der Waals surface area contributed by atoms with Crippen molar-refractivity contribution in [2.24, 2.45) is 11.8 Å². The van der Waals surface area contributed by atoms with Crippen LogP contribution in [0.2, 0.25) is 0 Å². The van der Waals surface area contributed by atoms with E-state index in [1.807, 2.05) is 13.8 Å². The lowest BCUT2D eigenvalue weighted by molar-refractivity contribution is -0.0327. The van der Waals surface area contributed by atoms with E-state index < -0.39 is 0 Å². The minimum Gasteiger partial charge on any atom is -0.390 e. The molecular weight excluding hydrogens is 152 g/mol. The zero-order chi connectivity index (χ0) is 9.35. The molecule has 1 aliphatic heterocycles. The fourth-order valence-corrected chi connectivity index (χ4v) is 1.78. The van der Waals surface area contributed by atoms with Gasteiger partial charge in [0.15, 0.2) is 0 Å². The monoisotopic (exact) mass is 172 g/mol. The Labute approximate surface area is 74.9 Å². The van der Waals surface area contributed by atoms with E-state index in [9.17, 15) is 5.11 Å². The van der Waals surface area contributed by atoms with Crippen molar-refractivity contribution in [3.05, 3.63) is 0 Å². The summed E-state index contributed by atoms with van der Waals surface area (Å²) in [6, 6.07) is 0. The van der Waals surface area contributed by atoms with Crippen molar-refractivity contribution >= 4 is 0 Å². The van der Waals surface area contributed by atoms with Gasteiger partial charge >= 0.3 is 0 Å². The smallest absolute Gasteiger partial charge is 0.0888 e. The van der Waals surface area contributed by atoms with Crippen LogP contribution in [0.5, 0.6) is 0 Å². The van der Waals surface area contributed by atoms with E-state index in [2.05, 4.69) is 13.8 Å². The predicted octanol–water partition coefficient (Wildman–Crippen LogP) is 1.82. The van der Waals surface area contributed by atoms with Crippen LogP contribution < -0.4 is 0 Å². The molecule has 0 spiro atoms. The molecule has 1 aliphatic rings. The summed E-state index contributed by atoms with van der Waals surface area (Å²) in [7, 11) is 0. The summed E-state index contributed by atoms with van der Waals surface area (Å²) in [5.41, 5.74) is -0.339. The van der Waals surface area contributed by atoms with Crippen LogP contribution in [0.1, 0.15) is 34.1 Å². The highest BCUT2D eigenvalue weighted by molar-refractivity contribution is 4.92. The maximum Gasteiger partial charge on any atom is 0.0888 e. The van der Waals surface area contributed by atoms with Crippen molar-refractivity contribution in [3.63, 3.8) is 0 Å². The molecule has 0 aromatic heterocycles. The molecule has 2 nitrogen and oxygen atoms in total. The number of aliphatic hydroxyl groups excluding tert-OH is 1. The van der Waals surface area contributed by atoms with Crippen LogP contribution in [0.25, 0.3) is 0 Å². The van der Waals surface area contributed by atoms with E-state index in [1.54, 1.807) is 0 Å². The van der Waals surface area contributed by atoms with Gasteiger partial charge in [-0.05, 0) is 19.8 Å². The van der Waals surface area contributed by atoms with Gasteiger partial charge < -0.3 is 9.84 Å². The Kier molecular flexibility index (Phi) is 2.79. The maximum absolute atomic E-state index is 9.89. The van der Waals surface area contributed by atoms with Crippen LogP contribution in [0.4, 0.5) is 0 Å². The van der Waals surface area contributed by atoms with Crippen molar-refractivity contribution in [3.8, 4) is 0 Å². The van der Waals surface area contributed by atoms with Crippen LogP contribution in [-0.2, 0) is 4.74 Å². The van der Waals surface area contributed by atoms with Gasteiger partial charge in [0.2, 0.25) is 0 Å². The fourth-order valence-electron chi connectivity index (χ4n) is 1.78. The predicted molar refractivity (Wildman–Crippen MR) is 49.0 cm³/mol. The van der Waals surface area contributed by atoms with Gasteiger partial charge in [0.25, 0.3) is 0 Å². The molecule has 0 aromatic carbocycles. The third-order valence-electron chi connectivity index (χ3n) is 3.14. The normalized spacial score (nSPS) is 36.8. The van der Waals surface area contributed by atoms with Crippen molar-refractivity contribution in [1.82, 2.24) is 0 Å². The quantitative estimate of drug-likeness (QED) is 0.688. The van der Waals surface area contributed by atoms with Crippen molar-refractivity contribution < 1.29 is 9.84 Å². The Morgan fingerprint density at radius 1 is 1.58 bits per heavy atom. The first-order valence-electron chi connectivity index (χ1n) is 4.81. The van der Waals surface area contributed by atoms with E-state index in [-0.39, 0.29) is 11.7 Å². The molecule has 3 unspecified atom stereocenters. The van der Waals surface area contributed by atoms with Gasteiger partial charge in [-0.25, -0.2) is 0 Å². The molecule has 0 radical (unpaired) electrons. The molecule has 3 atom stereocenters. The highest BCUT2D eigenvalue weighted by atomic mass is 16.5. The third-order valence-corrected chi connectivity index (χ3v) is 3.14. The van der Waals surface area contributed by atoms with Gasteiger partial charge in [-0.15, -0.1) is 0 Å². The Bertz CT molecular complexity index is 154. The first kappa shape index (κ1) is 10.0. The Balaban J connectivity index is 2.61. The zero-order valence-corrected chi connectivity index (χ0v) is 8.50. The van der Waals surface area contributed by atoms with Gasteiger partial charge in [0, 0.05) is 5.92 Å². The van der Waals surface area contributed by atoms with Crippen LogP contribution in [0.15, 0.2) is 0 Å². The first-order valence-corrected chi connectivity index (χ1v) is 4.81. The molecule has 0 bridgehead atoms. The molecule has 1 rings (SSSR count). The molecule has 0 aromatic rings. The van der Waals surface area contributed by atoms with Gasteiger partial charge in [-0.2, -0.15) is 0 Å². The SMILES string of the molecule is CCC(C)C1COC(C)(C)C1O. The highest BCUT2D eigenvalue weighted by Crippen LogP contribution is 2.35. The van der Waals surface area contributed by atoms with Crippen LogP contribution >= 0.6 is 0 Å². The Morgan fingerprint density at radius 2 is 2.17 bits per heavy atom. The zero-order valence-electron chi connectivity index (χ0n) is 8.50. The lowest BCUT2D eigenvalue weighted by atomic mass is 9.84. The molecule has 1 N–H and O–H groups in total. The topological polar surface area (TPSA) is 29.5 Å². The largest absolute Gasteiger partial charge is 0.390 e. The number of hydrogen-bond acceptors (Lipinski definition) is 2. The van der Waals surface area contributed by atoms with E-state index in [0.29, 0.717) is 18.4 Å². The number of hydrogen-bond donors (Lipinski definition) is 1.